The van der Waals surface area contributed by atoms with Crippen LogP contribution in [0.15, 0.2) is 61.3 Å². The van der Waals surface area contributed by atoms with Crippen molar-refractivity contribution in [1.82, 2.24) is 24.6 Å². The Kier molecular flexibility index (Phi) is 4.52. The second kappa shape index (κ2) is 7.40. The first-order chi connectivity index (χ1) is 15.2. The summed E-state index contributed by atoms with van der Waals surface area (Å²) in [5.41, 5.74) is 2.05. The van der Waals surface area contributed by atoms with E-state index in [-0.39, 0.29) is 24.2 Å². The Morgan fingerprint density at radius 1 is 1.13 bits per heavy atom. The minimum Gasteiger partial charge on any atom is -0.396 e. The summed E-state index contributed by atoms with van der Waals surface area (Å²) in [5, 5.41) is 14.5. The summed E-state index contributed by atoms with van der Waals surface area (Å²) >= 11 is 0. The minimum atomic E-state index is -0.270. The Bertz CT molecular complexity index is 1050. The molecule has 1 aromatic carbocycles. The number of aliphatic hydroxyl groups is 1. The van der Waals surface area contributed by atoms with Crippen LogP contribution >= 0.6 is 0 Å². The molecule has 31 heavy (non-hydrogen) atoms. The number of ether oxygens (including phenoxy) is 1. The number of aliphatic hydroxyl groups excluding tert-OH is 1. The number of morpholine rings is 1. The van der Waals surface area contributed by atoms with E-state index in [4.69, 9.17) is 4.74 Å². The van der Waals surface area contributed by atoms with Gasteiger partial charge in [-0.2, -0.15) is 5.10 Å². The lowest BCUT2D eigenvalue weighted by molar-refractivity contribution is -0.112. The van der Waals surface area contributed by atoms with Crippen LogP contribution in [0.2, 0.25) is 0 Å². The molecule has 2 aromatic heterocycles. The third-order valence-corrected chi connectivity index (χ3v) is 7.03. The highest BCUT2D eigenvalue weighted by Crippen LogP contribution is 2.49. The minimum absolute atomic E-state index is 0.0713. The molecule has 5 heterocycles. The quantitative estimate of drug-likeness (QED) is 0.670. The number of hydrogen-bond donors (Lipinski definition) is 1. The highest BCUT2D eigenvalue weighted by atomic mass is 16.5. The number of benzene rings is 1. The van der Waals surface area contributed by atoms with Crippen LogP contribution in [-0.4, -0.2) is 74.2 Å². The molecule has 1 N–H and O–H groups in total. The molecule has 0 saturated carbocycles. The summed E-state index contributed by atoms with van der Waals surface area (Å²) in [6, 6.07) is 10.5. The van der Waals surface area contributed by atoms with Gasteiger partial charge in [-0.15, -0.1) is 0 Å². The second-order valence-corrected chi connectivity index (χ2v) is 8.91. The van der Waals surface area contributed by atoms with Crippen molar-refractivity contribution in [3.05, 3.63) is 66.9 Å². The van der Waals surface area contributed by atoms with Crippen molar-refractivity contribution < 1.29 is 9.84 Å². The zero-order chi connectivity index (χ0) is 20.8. The van der Waals surface area contributed by atoms with Crippen LogP contribution in [0.4, 0.5) is 5.82 Å². The number of hydrogen-bond acceptors (Lipinski definition) is 7. The van der Waals surface area contributed by atoms with Crippen molar-refractivity contribution in [2.45, 2.75) is 18.2 Å². The van der Waals surface area contributed by atoms with Gasteiger partial charge in [0.25, 0.3) is 0 Å². The van der Waals surface area contributed by atoms with Gasteiger partial charge in [-0.3, -0.25) is 9.88 Å². The van der Waals surface area contributed by atoms with Gasteiger partial charge in [0, 0.05) is 69.4 Å². The van der Waals surface area contributed by atoms with Gasteiger partial charge < -0.3 is 14.7 Å². The van der Waals surface area contributed by atoms with E-state index in [2.05, 4.69) is 49.1 Å². The van der Waals surface area contributed by atoms with E-state index in [9.17, 15) is 5.11 Å². The number of anilines is 1. The zero-order valence-corrected chi connectivity index (χ0v) is 17.3. The van der Waals surface area contributed by atoms with Crippen LogP contribution in [0, 0.1) is 11.8 Å². The highest BCUT2D eigenvalue weighted by molar-refractivity contribution is 5.41. The van der Waals surface area contributed by atoms with Gasteiger partial charge in [0.1, 0.15) is 11.4 Å². The molecule has 160 valence electrons. The smallest absolute Gasteiger partial charge is 0.147 e. The topological polar surface area (TPSA) is 79.5 Å². The maximum absolute atomic E-state index is 10.2. The number of nitrogens with zero attached hydrogens (tertiary/aromatic N) is 6. The van der Waals surface area contributed by atoms with Crippen LogP contribution < -0.4 is 4.90 Å². The highest BCUT2D eigenvalue weighted by Gasteiger charge is 2.62. The summed E-state index contributed by atoms with van der Waals surface area (Å²) < 4.78 is 8.50. The second-order valence-electron chi connectivity index (χ2n) is 8.91. The fourth-order valence-corrected chi connectivity index (χ4v) is 5.75. The first-order valence-corrected chi connectivity index (χ1v) is 10.8. The first-order valence-electron chi connectivity index (χ1n) is 10.8. The predicted molar refractivity (Wildman–Crippen MR) is 115 cm³/mol. The maximum atomic E-state index is 10.2. The summed E-state index contributed by atoms with van der Waals surface area (Å²) in [4.78, 5) is 13.5. The van der Waals surface area contributed by atoms with E-state index in [1.807, 2.05) is 23.1 Å². The molecule has 4 atom stereocenters. The third kappa shape index (κ3) is 3.22. The molecule has 0 aliphatic carbocycles. The standard InChI is InChI=1S/C23H26N6O2/c30-14-19-20-12-28(22-10-24-6-7-25-22)16-23(20)15-27(13-21(19)31-23)11-17-3-1-4-18(9-17)29-8-2-5-26-29/h1-10,19-21,30H,11-16H2/t19-,20+,21+,23+/m0/s1. The average Bonchev–Trinajstić information content (AvgIpc) is 3.48. The van der Waals surface area contributed by atoms with Gasteiger partial charge in [0.15, 0.2) is 0 Å². The molecule has 3 saturated heterocycles. The van der Waals surface area contributed by atoms with Crippen molar-refractivity contribution >= 4 is 5.82 Å². The van der Waals surface area contributed by atoms with Gasteiger partial charge in [0.05, 0.1) is 24.5 Å². The van der Waals surface area contributed by atoms with Crippen LogP contribution in [0.5, 0.6) is 0 Å². The van der Waals surface area contributed by atoms with E-state index >= 15 is 0 Å². The molecule has 3 aliphatic rings. The lowest BCUT2D eigenvalue weighted by Gasteiger charge is -2.40. The first kappa shape index (κ1) is 18.9. The number of fused-ring (bicyclic) bond motifs is 1. The fourth-order valence-electron chi connectivity index (χ4n) is 5.75. The fraction of sp³-hybridized carbons (Fsp3) is 0.435. The van der Waals surface area contributed by atoms with Crippen LogP contribution in [0.1, 0.15) is 5.56 Å². The molecule has 1 spiro atoms. The van der Waals surface area contributed by atoms with Gasteiger partial charge in [-0.05, 0) is 23.8 Å². The van der Waals surface area contributed by atoms with E-state index in [0.29, 0.717) is 5.92 Å². The molecule has 8 nitrogen and oxygen atoms in total. The summed E-state index contributed by atoms with van der Waals surface area (Å²) in [6.07, 6.45) is 9.06. The van der Waals surface area contributed by atoms with Crippen molar-refractivity contribution in [3.8, 4) is 5.69 Å². The SMILES string of the molecule is OC[C@H]1[C@H]2CN(c3cnccn3)C[C@]23CN(Cc2cccc(-n4cccn4)c2)C[C@H]1O3. The lowest BCUT2D eigenvalue weighted by atomic mass is 9.83. The molecule has 0 amide bonds. The Morgan fingerprint density at radius 2 is 2.10 bits per heavy atom. The van der Waals surface area contributed by atoms with Crippen LogP contribution in [0.25, 0.3) is 5.69 Å². The summed E-state index contributed by atoms with van der Waals surface area (Å²) in [7, 11) is 0. The predicted octanol–water partition coefficient (Wildman–Crippen LogP) is 1.36. The number of likely N-dealkylation sites (tertiary alicyclic amines) is 1. The van der Waals surface area contributed by atoms with Crippen molar-refractivity contribution in [2.75, 3.05) is 37.7 Å². The average molecular weight is 419 g/mol. The van der Waals surface area contributed by atoms with Crippen molar-refractivity contribution in [2.24, 2.45) is 11.8 Å². The van der Waals surface area contributed by atoms with E-state index in [0.717, 1.165) is 44.2 Å². The van der Waals surface area contributed by atoms with Gasteiger partial charge in [-0.1, -0.05) is 12.1 Å². The molecule has 2 bridgehead atoms. The Morgan fingerprint density at radius 3 is 2.90 bits per heavy atom. The van der Waals surface area contributed by atoms with Crippen molar-refractivity contribution in [1.29, 1.82) is 0 Å². The van der Waals surface area contributed by atoms with Crippen LogP contribution in [0.3, 0.4) is 0 Å². The summed E-state index contributed by atoms with van der Waals surface area (Å²) in [6.45, 7) is 4.35. The number of rotatable bonds is 5. The van der Waals surface area contributed by atoms with Gasteiger partial charge in [0.2, 0.25) is 0 Å². The Labute approximate surface area is 181 Å². The molecule has 0 unspecified atom stereocenters. The molecule has 6 rings (SSSR count). The van der Waals surface area contributed by atoms with Crippen molar-refractivity contribution in [3.63, 3.8) is 0 Å². The monoisotopic (exact) mass is 418 g/mol. The van der Waals surface area contributed by atoms with E-state index in [1.54, 1.807) is 18.6 Å². The lowest BCUT2D eigenvalue weighted by Crippen LogP contribution is -2.53. The zero-order valence-electron chi connectivity index (χ0n) is 17.3. The molecule has 0 radical (unpaired) electrons. The third-order valence-electron chi connectivity index (χ3n) is 7.03. The molecule has 3 aliphatic heterocycles. The molecule has 3 fully saturated rings. The van der Waals surface area contributed by atoms with Gasteiger partial charge >= 0.3 is 0 Å². The summed E-state index contributed by atoms with van der Waals surface area (Å²) in [5.74, 6) is 1.33. The largest absolute Gasteiger partial charge is 0.396 e. The Hall–Kier alpha value is -2.81. The Balaban J connectivity index is 1.24. The van der Waals surface area contributed by atoms with E-state index in [1.165, 1.54) is 5.56 Å². The molecular weight excluding hydrogens is 392 g/mol. The van der Waals surface area contributed by atoms with E-state index < -0.39 is 0 Å². The normalized spacial score (nSPS) is 30.0. The maximum Gasteiger partial charge on any atom is 0.147 e. The molecule has 8 heteroatoms. The van der Waals surface area contributed by atoms with Gasteiger partial charge in [-0.25, -0.2) is 9.67 Å². The number of aromatic nitrogens is 4. The van der Waals surface area contributed by atoms with Crippen LogP contribution in [-0.2, 0) is 11.3 Å². The molecular formula is C23H26N6O2. The molecule has 3 aromatic rings.